The fraction of sp³-hybridized carbons (Fsp3) is 0.738. The molecule has 0 radical (unpaired) electrons. The first-order valence-corrected chi connectivity index (χ1v) is 35.7. The number of carbonyl (C=O) groups excluding carboxylic acids is 14. The van der Waals surface area contributed by atoms with Crippen LogP contribution in [-0.2, 0) is 76.7 Å². The van der Waals surface area contributed by atoms with Crippen molar-refractivity contribution in [2.75, 3.05) is 78.6 Å². The van der Waals surface area contributed by atoms with Crippen LogP contribution in [0.1, 0.15) is 143 Å². The summed E-state index contributed by atoms with van der Waals surface area (Å²) >= 11 is 0. The molecule has 7 aliphatic heterocycles. The van der Waals surface area contributed by atoms with E-state index in [0.717, 1.165) is 11.3 Å². The highest BCUT2D eigenvalue weighted by Crippen LogP contribution is 2.29. The van der Waals surface area contributed by atoms with Crippen LogP contribution in [0.25, 0.3) is 0 Å². The maximum atomic E-state index is 14.4. The second kappa shape index (κ2) is 38.3. The number of hydrogen-bond donors (Lipinski definition) is 15. The Kier molecular flexibility index (Phi) is 30.1. The van der Waals surface area contributed by atoms with Crippen LogP contribution in [0.5, 0.6) is 0 Å². The Morgan fingerprint density at radius 3 is 1.48 bits per heavy atom. The molecule has 0 aromatic rings. The summed E-state index contributed by atoms with van der Waals surface area (Å²) in [5, 5.41) is 63.3. The highest BCUT2D eigenvalue weighted by atomic mass is 16.4. The topological polar surface area (TPSA) is 546 Å². The summed E-state index contributed by atoms with van der Waals surface area (Å²) in [6.45, 7) is 3.28. The van der Waals surface area contributed by atoms with Crippen molar-refractivity contribution in [1.82, 2.24) is 77.3 Å². The highest BCUT2D eigenvalue weighted by molar-refractivity contribution is 6.00. The van der Waals surface area contributed by atoms with Crippen molar-refractivity contribution < 1.29 is 97.1 Å². The summed E-state index contributed by atoms with van der Waals surface area (Å²) < 4.78 is 0. The molecule has 103 heavy (non-hydrogen) atoms. The lowest BCUT2D eigenvalue weighted by Crippen LogP contribution is -2.60. The Balaban J connectivity index is 0.885. The van der Waals surface area contributed by atoms with Crippen molar-refractivity contribution in [2.45, 2.75) is 221 Å². The number of aliphatic hydroxyl groups is 2. The Morgan fingerprint density at radius 2 is 0.951 bits per heavy atom. The van der Waals surface area contributed by atoms with E-state index in [2.05, 4.69) is 52.8 Å². The molecule has 38 heteroatoms. The van der Waals surface area contributed by atoms with Gasteiger partial charge in [0.25, 0.3) is 0 Å². The van der Waals surface area contributed by atoms with E-state index in [1.165, 1.54) is 31.4 Å². The van der Waals surface area contributed by atoms with Gasteiger partial charge in [0.1, 0.15) is 66.5 Å². The van der Waals surface area contributed by atoms with Gasteiger partial charge in [-0.1, -0.05) is 13.8 Å². The minimum Gasteiger partial charge on any atom is -0.481 e. The minimum absolute atomic E-state index is 0.0173. The summed E-state index contributed by atoms with van der Waals surface area (Å²) in [5.41, 5.74) is 11.0. The fourth-order valence-corrected chi connectivity index (χ4v) is 14.5. The molecule has 0 bridgehead atoms. The second-order valence-corrected chi connectivity index (χ2v) is 27.6. The van der Waals surface area contributed by atoms with Crippen LogP contribution in [0.2, 0.25) is 0 Å². The number of likely N-dealkylation sites (tertiary alicyclic amines) is 6. The summed E-state index contributed by atoms with van der Waals surface area (Å²) in [5.74, 6) is -13.1. The van der Waals surface area contributed by atoms with Crippen molar-refractivity contribution in [1.29, 1.82) is 0 Å². The number of carboxylic acid groups (broad SMARTS) is 2. The molecule has 7 fully saturated rings. The monoisotopic (exact) mass is 1450 g/mol. The van der Waals surface area contributed by atoms with Gasteiger partial charge in [-0.2, -0.15) is 0 Å². The third kappa shape index (κ3) is 21.9. The number of hydrogen-bond acceptors (Lipinski definition) is 20. The van der Waals surface area contributed by atoms with Crippen molar-refractivity contribution in [3.8, 4) is 0 Å². The molecule has 0 aromatic carbocycles. The van der Waals surface area contributed by atoms with Crippen molar-refractivity contribution in [3.05, 3.63) is 0 Å². The molecule has 7 saturated heterocycles. The number of guanidine groups is 1. The zero-order valence-electron chi connectivity index (χ0n) is 58.6. The normalized spacial score (nSPS) is 23.3. The van der Waals surface area contributed by atoms with Crippen LogP contribution in [0.4, 0.5) is 0 Å². The molecule has 7 heterocycles. The summed E-state index contributed by atoms with van der Waals surface area (Å²) in [4.78, 5) is 228. The second-order valence-electron chi connectivity index (χ2n) is 27.6. The molecular formula is C65H102N18O20. The van der Waals surface area contributed by atoms with Crippen LogP contribution >= 0.6 is 0 Å². The maximum Gasteiger partial charge on any atom is 0.326 e. The molecule has 572 valence electrons. The van der Waals surface area contributed by atoms with Crippen LogP contribution in [0.15, 0.2) is 4.99 Å². The third-order valence-electron chi connectivity index (χ3n) is 19.7. The molecule has 38 nitrogen and oxygen atoms in total. The smallest absolute Gasteiger partial charge is 0.326 e. The number of aliphatic hydroxyl groups excluding tert-OH is 2. The van der Waals surface area contributed by atoms with Gasteiger partial charge in [0.05, 0.1) is 38.4 Å². The van der Waals surface area contributed by atoms with Crippen LogP contribution in [0.3, 0.4) is 0 Å². The number of carboxylic acids is 2. The van der Waals surface area contributed by atoms with Gasteiger partial charge in [-0.25, -0.2) is 4.79 Å². The first-order chi connectivity index (χ1) is 49.0. The van der Waals surface area contributed by atoms with Crippen LogP contribution < -0.4 is 59.3 Å². The Hall–Kier alpha value is -9.33. The highest BCUT2D eigenvalue weighted by Gasteiger charge is 2.48. The van der Waals surface area contributed by atoms with E-state index in [0.29, 0.717) is 51.5 Å². The lowest BCUT2D eigenvalue weighted by atomic mass is 10.0. The van der Waals surface area contributed by atoms with E-state index in [1.54, 1.807) is 13.8 Å². The van der Waals surface area contributed by atoms with E-state index in [9.17, 15) is 97.1 Å². The molecule has 0 aliphatic carbocycles. The first-order valence-electron chi connectivity index (χ1n) is 35.7. The van der Waals surface area contributed by atoms with Crippen molar-refractivity contribution in [2.24, 2.45) is 22.4 Å². The lowest BCUT2D eigenvalue weighted by molar-refractivity contribution is -0.151. The van der Waals surface area contributed by atoms with Gasteiger partial charge in [-0.05, 0) is 135 Å². The number of nitrogens with zero attached hydrogens (tertiary/aromatic N) is 7. The SMILES string of the molecule is CC(C)C[C@H](NC(=O)CNC(=O)CNC(=O)[C@H](CO)NC(=O)[C@@H]1CCCN1C(=O)[C@H](CCC(=O)O)NC(=O)[C@@H]1CCCN1C(=O)[C@@H]1CCCN1C(=O)[C@@H](NC(=O)[C@@H]1CCCN1)[C@@H](C)O)C(=O)N1CCC[C@H]1C(=O)N[C@@H](CCCN=C(N)N)C(=O)NCC(=O)N1CCC[C@H]1C(=O)N1CCC[C@H]1C(=O)O. The number of aliphatic imine (C=N–C) groups is 1. The fourth-order valence-electron chi connectivity index (χ4n) is 14.5. The molecule has 0 aromatic heterocycles. The molecule has 7 rings (SSSR count). The average Bonchev–Trinajstić information content (AvgIpc) is 1.71. The van der Waals surface area contributed by atoms with Gasteiger partial charge in [-0.3, -0.25) is 76.9 Å². The maximum absolute atomic E-state index is 14.4. The van der Waals surface area contributed by atoms with E-state index >= 15 is 0 Å². The zero-order chi connectivity index (χ0) is 75.4. The Morgan fingerprint density at radius 1 is 0.485 bits per heavy atom. The van der Waals surface area contributed by atoms with Crippen molar-refractivity contribution in [3.63, 3.8) is 0 Å². The number of carbonyl (C=O) groups is 16. The van der Waals surface area contributed by atoms with Crippen LogP contribution in [-0.4, -0.2) is 308 Å². The van der Waals surface area contributed by atoms with Gasteiger partial charge in [0.2, 0.25) is 82.7 Å². The summed E-state index contributed by atoms with van der Waals surface area (Å²) in [6, 6.07) is -14.1. The number of amides is 14. The van der Waals surface area contributed by atoms with E-state index in [-0.39, 0.29) is 115 Å². The predicted octanol–water partition coefficient (Wildman–Crippen LogP) is -7.12. The predicted molar refractivity (Wildman–Crippen MR) is 361 cm³/mol. The van der Waals surface area contributed by atoms with Gasteiger partial charge >= 0.3 is 11.9 Å². The van der Waals surface area contributed by atoms with Crippen LogP contribution in [0, 0.1) is 5.92 Å². The number of aliphatic carboxylic acids is 2. The first kappa shape index (κ1) is 81.0. The number of nitrogens with one attached hydrogen (secondary N) is 9. The molecule has 17 N–H and O–H groups in total. The lowest BCUT2D eigenvalue weighted by Gasteiger charge is -2.34. The average molecular weight is 1460 g/mol. The summed E-state index contributed by atoms with van der Waals surface area (Å²) in [6.07, 6.45) is 2.73. The Bertz CT molecular complexity index is 3180. The van der Waals surface area contributed by atoms with E-state index in [1.807, 2.05) is 0 Å². The zero-order valence-corrected chi connectivity index (χ0v) is 58.6. The summed E-state index contributed by atoms with van der Waals surface area (Å²) in [7, 11) is 0. The molecule has 7 aliphatic rings. The molecular weight excluding hydrogens is 1350 g/mol. The standard InChI is InChI=1S/C65H102N18O20/c1-35(2)30-40(60(98)80-26-7-14-42(80)56(94)74-38(13-5-23-69-65(66)67)53(91)72-33-50(88)78-24-9-17-45(78)61(99)83-29-11-19-47(83)64(102)103)73-49(87)32-70-48(86)31-71-54(92)41(34-84)76-58(96)43-15-6-25-79(43)59(97)39(20-21-51(89)90)75-57(95)44-16-8-27-81(44)62(100)46-18-10-28-82(46)63(101)52(36(3)85)77-55(93)37-12-4-22-68-37/h35-47,52,68,84-85H,4-34H2,1-3H3,(H,70,86)(H,71,92)(H,72,91)(H,73,87)(H,74,94)(H,75,95)(H,76,96)(H,77,93)(H,89,90)(H,102,103)(H4,66,67,69)/t36-,37+,38+,39+,40+,41+,42+,43+,44+,45+,46+,47+,52+/m1/s1. The Labute approximate surface area is 595 Å². The number of rotatable bonds is 34. The van der Waals surface area contributed by atoms with Gasteiger partial charge in [-0.15, -0.1) is 0 Å². The minimum atomic E-state index is -1.69. The molecule has 0 unspecified atom stereocenters. The van der Waals surface area contributed by atoms with Gasteiger partial charge in [0, 0.05) is 52.2 Å². The van der Waals surface area contributed by atoms with E-state index < -0.39 is 212 Å². The largest absolute Gasteiger partial charge is 0.481 e. The molecule has 13 atom stereocenters. The molecule has 14 amide bonds. The van der Waals surface area contributed by atoms with Crippen molar-refractivity contribution >= 4 is 101 Å². The van der Waals surface area contributed by atoms with Gasteiger partial charge < -0.3 is 109 Å². The van der Waals surface area contributed by atoms with E-state index in [4.69, 9.17) is 11.5 Å². The molecule has 0 saturated carbocycles. The third-order valence-corrected chi connectivity index (χ3v) is 19.7. The molecule has 0 spiro atoms. The van der Waals surface area contributed by atoms with Gasteiger partial charge in [0.15, 0.2) is 5.96 Å². The number of nitrogens with two attached hydrogens (primary N) is 2. The quantitative estimate of drug-likeness (QED) is 0.0162.